The Labute approximate surface area is 171 Å². The molecule has 0 saturated carbocycles. The van der Waals surface area contributed by atoms with Crippen molar-refractivity contribution in [2.45, 2.75) is 25.9 Å². The van der Waals surface area contributed by atoms with Crippen molar-refractivity contribution >= 4 is 11.8 Å². The van der Waals surface area contributed by atoms with Crippen LogP contribution in [0.25, 0.3) is 0 Å². The summed E-state index contributed by atoms with van der Waals surface area (Å²) in [6.45, 7) is 2.97. The number of hydrogen-bond acceptors (Lipinski definition) is 2. The van der Waals surface area contributed by atoms with Gasteiger partial charge in [-0.15, -0.1) is 0 Å². The van der Waals surface area contributed by atoms with Crippen LogP contribution in [0.2, 0.25) is 0 Å². The van der Waals surface area contributed by atoms with E-state index in [1.165, 1.54) is 11.1 Å². The number of rotatable bonds is 6. The maximum atomic E-state index is 13.1. The molecule has 1 unspecified atom stereocenters. The van der Waals surface area contributed by atoms with Gasteiger partial charge in [-0.25, -0.2) is 0 Å². The molecular weight excluding hydrogens is 360 g/mol. The van der Waals surface area contributed by atoms with Gasteiger partial charge in [-0.2, -0.15) is 0 Å². The maximum absolute atomic E-state index is 13.1. The van der Waals surface area contributed by atoms with Gasteiger partial charge in [0.2, 0.25) is 5.91 Å². The van der Waals surface area contributed by atoms with Gasteiger partial charge in [0.05, 0.1) is 0 Å². The van der Waals surface area contributed by atoms with Crippen LogP contribution in [-0.2, 0) is 17.8 Å². The summed E-state index contributed by atoms with van der Waals surface area (Å²) in [6, 6.07) is 24.9. The lowest BCUT2D eigenvalue weighted by molar-refractivity contribution is -0.125. The Morgan fingerprint density at radius 1 is 0.897 bits per heavy atom. The Morgan fingerprint density at radius 3 is 2.34 bits per heavy atom. The first kappa shape index (κ1) is 18.9. The smallest absolute Gasteiger partial charge is 0.255 e. The van der Waals surface area contributed by atoms with E-state index in [0.717, 1.165) is 17.5 Å². The summed E-state index contributed by atoms with van der Waals surface area (Å²) in [5, 5.41) is 3.03. The number of nitrogens with zero attached hydrogens (tertiary/aromatic N) is 1. The normalized spacial score (nSPS) is 15.3. The summed E-state index contributed by atoms with van der Waals surface area (Å²) in [7, 11) is 0. The van der Waals surface area contributed by atoms with Gasteiger partial charge in [0, 0.05) is 18.7 Å². The number of aryl methyl sites for hydroxylation is 1. The topological polar surface area (TPSA) is 49.4 Å². The third kappa shape index (κ3) is 4.06. The molecule has 4 heteroatoms. The predicted octanol–water partition coefficient (Wildman–Crippen LogP) is 4.05. The number of amides is 2. The van der Waals surface area contributed by atoms with E-state index < -0.39 is 6.04 Å². The number of carbonyl (C=O) groups is 2. The molecule has 3 aromatic carbocycles. The molecule has 1 aliphatic rings. The molecule has 1 N–H and O–H groups in total. The van der Waals surface area contributed by atoms with Gasteiger partial charge < -0.3 is 10.2 Å². The highest BCUT2D eigenvalue weighted by Gasteiger charge is 2.40. The second-order valence-corrected chi connectivity index (χ2v) is 7.44. The SMILES string of the molecule is Cc1ccc(CN2C(=O)c3ccccc3C2C(=O)NCCc2ccccc2)cc1. The van der Waals surface area contributed by atoms with Crippen LogP contribution in [0.4, 0.5) is 0 Å². The molecule has 0 radical (unpaired) electrons. The van der Waals surface area contributed by atoms with Gasteiger partial charge in [0.1, 0.15) is 6.04 Å². The number of carbonyl (C=O) groups excluding carboxylic acids is 2. The van der Waals surface area contributed by atoms with E-state index in [-0.39, 0.29) is 11.8 Å². The van der Waals surface area contributed by atoms with Crippen molar-refractivity contribution in [3.8, 4) is 0 Å². The molecule has 0 aromatic heterocycles. The molecule has 2 amide bonds. The zero-order valence-corrected chi connectivity index (χ0v) is 16.5. The lowest BCUT2D eigenvalue weighted by Crippen LogP contribution is -2.39. The third-order valence-electron chi connectivity index (χ3n) is 5.34. The van der Waals surface area contributed by atoms with E-state index in [1.54, 1.807) is 11.0 Å². The average Bonchev–Trinajstić information content (AvgIpc) is 3.02. The molecule has 1 atom stereocenters. The quantitative estimate of drug-likeness (QED) is 0.697. The van der Waals surface area contributed by atoms with Gasteiger partial charge in [0.15, 0.2) is 0 Å². The standard InChI is InChI=1S/C25H24N2O2/c1-18-11-13-20(14-12-18)17-27-23(21-9-5-6-10-22(21)25(27)29)24(28)26-16-15-19-7-3-2-4-8-19/h2-14,23H,15-17H2,1H3,(H,26,28). The average molecular weight is 384 g/mol. The van der Waals surface area contributed by atoms with Gasteiger partial charge in [0.25, 0.3) is 5.91 Å². The number of hydrogen-bond donors (Lipinski definition) is 1. The monoisotopic (exact) mass is 384 g/mol. The fourth-order valence-electron chi connectivity index (χ4n) is 3.78. The van der Waals surface area contributed by atoms with Crippen molar-refractivity contribution in [1.82, 2.24) is 10.2 Å². The fraction of sp³-hybridized carbons (Fsp3) is 0.200. The summed E-state index contributed by atoms with van der Waals surface area (Å²) in [4.78, 5) is 27.8. The van der Waals surface area contributed by atoms with Crippen molar-refractivity contribution in [2.75, 3.05) is 6.54 Å². The Bertz CT molecular complexity index is 1010. The second-order valence-electron chi connectivity index (χ2n) is 7.44. The first-order valence-corrected chi connectivity index (χ1v) is 9.90. The largest absolute Gasteiger partial charge is 0.354 e. The number of nitrogens with one attached hydrogen (secondary N) is 1. The molecule has 1 aliphatic heterocycles. The van der Waals surface area contributed by atoms with E-state index in [0.29, 0.717) is 18.7 Å². The zero-order valence-electron chi connectivity index (χ0n) is 16.5. The maximum Gasteiger partial charge on any atom is 0.255 e. The molecule has 146 valence electrons. The van der Waals surface area contributed by atoms with E-state index in [4.69, 9.17) is 0 Å². The Hall–Kier alpha value is -3.40. The van der Waals surface area contributed by atoms with Crippen LogP contribution in [0.5, 0.6) is 0 Å². The first-order valence-electron chi connectivity index (χ1n) is 9.90. The van der Waals surface area contributed by atoms with Gasteiger partial charge in [-0.1, -0.05) is 78.4 Å². The molecule has 29 heavy (non-hydrogen) atoms. The summed E-state index contributed by atoms with van der Waals surface area (Å²) in [5.41, 5.74) is 4.75. The second kappa shape index (κ2) is 8.31. The molecule has 3 aromatic rings. The molecule has 0 fully saturated rings. The lowest BCUT2D eigenvalue weighted by Gasteiger charge is -2.25. The Morgan fingerprint density at radius 2 is 1.59 bits per heavy atom. The Balaban J connectivity index is 1.52. The van der Waals surface area contributed by atoms with E-state index in [9.17, 15) is 9.59 Å². The van der Waals surface area contributed by atoms with Gasteiger partial charge in [-0.05, 0) is 36.1 Å². The van der Waals surface area contributed by atoms with E-state index in [1.807, 2.05) is 79.7 Å². The zero-order chi connectivity index (χ0) is 20.2. The molecule has 0 bridgehead atoms. The molecule has 0 saturated heterocycles. The molecule has 0 aliphatic carbocycles. The molecular formula is C25H24N2O2. The fourth-order valence-corrected chi connectivity index (χ4v) is 3.78. The van der Waals surface area contributed by atoms with Gasteiger partial charge >= 0.3 is 0 Å². The first-order chi connectivity index (χ1) is 14.1. The van der Waals surface area contributed by atoms with Crippen LogP contribution >= 0.6 is 0 Å². The minimum Gasteiger partial charge on any atom is -0.354 e. The van der Waals surface area contributed by atoms with Gasteiger partial charge in [-0.3, -0.25) is 9.59 Å². The van der Waals surface area contributed by atoms with Crippen LogP contribution in [0.15, 0.2) is 78.9 Å². The minimum atomic E-state index is -0.601. The van der Waals surface area contributed by atoms with Crippen LogP contribution in [-0.4, -0.2) is 23.3 Å². The van der Waals surface area contributed by atoms with Crippen LogP contribution in [0.1, 0.15) is 38.7 Å². The summed E-state index contributed by atoms with van der Waals surface area (Å²) in [6.07, 6.45) is 0.757. The summed E-state index contributed by atoms with van der Waals surface area (Å²) < 4.78 is 0. The van der Waals surface area contributed by atoms with E-state index in [2.05, 4.69) is 5.32 Å². The van der Waals surface area contributed by atoms with Crippen LogP contribution in [0.3, 0.4) is 0 Å². The molecule has 0 spiro atoms. The summed E-state index contributed by atoms with van der Waals surface area (Å²) >= 11 is 0. The predicted molar refractivity (Wildman–Crippen MR) is 113 cm³/mol. The van der Waals surface area contributed by atoms with E-state index >= 15 is 0 Å². The summed E-state index contributed by atoms with van der Waals surface area (Å²) in [5.74, 6) is -0.226. The number of fused-ring (bicyclic) bond motifs is 1. The highest BCUT2D eigenvalue weighted by atomic mass is 16.2. The lowest BCUT2D eigenvalue weighted by atomic mass is 10.0. The highest BCUT2D eigenvalue weighted by molar-refractivity contribution is 6.04. The third-order valence-corrected chi connectivity index (χ3v) is 5.34. The minimum absolute atomic E-state index is 0.0932. The molecule has 4 nitrogen and oxygen atoms in total. The van der Waals surface area contributed by atoms with Crippen molar-refractivity contribution in [3.63, 3.8) is 0 Å². The van der Waals surface area contributed by atoms with Crippen molar-refractivity contribution in [2.24, 2.45) is 0 Å². The molecule has 4 rings (SSSR count). The van der Waals surface area contributed by atoms with Crippen molar-refractivity contribution < 1.29 is 9.59 Å². The highest BCUT2D eigenvalue weighted by Crippen LogP contribution is 2.35. The van der Waals surface area contributed by atoms with Crippen LogP contribution in [0, 0.1) is 6.92 Å². The van der Waals surface area contributed by atoms with Crippen molar-refractivity contribution in [3.05, 3.63) is 107 Å². The number of benzene rings is 3. The van der Waals surface area contributed by atoms with Crippen molar-refractivity contribution in [1.29, 1.82) is 0 Å². The van der Waals surface area contributed by atoms with Crippen LogP contribution < -0.4 is 5.32 Å². The molecule has 1 heterocycles. The Kier molecular flexibility index (Phi) is 5.43.